The standard InChI is InChI=1S/C11H14N2O4/c1-16-9-6-8(11(14)15)12-10(13-9)7-2-4-17-5-3-7/h6-7H,2-5H2,1H3,(H,14,15). The Morgan fingerprint density at radius 1 is 1.47 bits per heavy atom. The number of methoxy groups -OCH3 is 1. The van der Waals surface area contributed by atoms with Gasteiger partial charge in [0.05, 0.1) is 7.11 Å². The lowest BCUT2D eigenvalue weighted by Gasteiger charge is -2.21. The number of hydrogen-bond donors (Lipinski definition) is 1. The van der Waals surface area contributed by atoms with Gasteiger partial charge >= 0.3 is 5.97 Å². The van der Waals surface area contributed by atoms with Crippen LogP contribution in [-0.2, 0) is 4.74 Å². The predicted octanol–water partition coefficient (Wildman–Crippen LogP) is 1.08. The second kappa shape index (κ2) is 5.09. The van der Waals surface area contributed by atoms with E-state index in [9.17, 15) is 4.79 Å². The molecule has 6 nitrogen and oxygen atoms in total. The molecule has 0 saturated carbocycles. The topological polar surface area (TPSA) is 81.5 Å². The number of nitrogens with zero attached hydrogens (tertiary/aromatic N) is 2. The van der Waals surface area contributed by atoms with E-state index in [0.717, 1.165) is 12.8 Å². The molecule has 0 amide bonds. The molecule has 0 aromatic carbocycles. The number of aromatic nitrogens is 2. The molecule has 0 spiro atoms. The molecular formula is C11H14N2O4. The highest BCUT2D eigenvalue weighted by Gasteiger charge is 2.21. The molecule has 1 aromatic heterocycles. The molecule has 0 aliphatic carbocycles. The first-order valence-electron chi connectivity index (χ1n) is 5.44. The molecule has 1 aromatic rings. The van der Waals surface area contributed by atoms with E-state index in [2.05, 4.69) is 9.97 Å². The number of ether oxygens (including phenoxy) is 2. The summed E-state index contributed by atoms with van der Waals surface area (Å²) < 4.78 is 10.2. The van der Waals surface area contributed by atoms with Gasteiger partial charge in [-0.1, -0.05) is 0 Å². The van der Waals surface area contributed by atoms with Gasteiger partial charge in [-0.15, -0.1) is 0 Å². The molecule has 92 valence electrons. The molecule has 6 heteroatoms. The normalized spacial score (nSPS) is 16.8. The first-order chi connectivity index (χ1) is 8.20. The van der Waals surface area contributed by atoms with E-state index in [1.54, 1.807) is 0 Å². The Hall–Kier alpha value is -1.69. The Bertz CT molecular complexity index is 416. The van der Waals surface area contributed by atoms with Crippen LogP contribution in [0, 0.1) is 0 Å². The second-order valence-corrected chi connectivity index (χ2v) is 3.85. The summed E-state index contributed by atoms with van der Waals surface area (Å²) in [5, 5.41) is 8.96. The fourth-order valence-corrected chi connectivity index (χ4v) is 1.80. The van der Waals surface area contributed by atoms with Gasteiger partial charge in [0.25, 0.3) is 0 Å². The Labute approximate surface area is 98.6 Å². The quantitative estimate of drug-likeness (QED) is 0.848. The van der Waals surface area contributed by atoms with E-state index in [0.29, 0.717) is 24.9 Å². The average Bonchev–Trinajstić information content (AvgIpc) is 2.39. The minimum atomic E-state index is -1.07. The van der Waals surface area contributed by atoms with Gasteiger partial charge in [-0.3, -0.25) is 0 Å². The van der Waals surface area contributed by atoms with Gasteiger partial charge in [-0.05, 0) is 12.8 Å². The van der Waals surface area contributed by atoms with Gasteiger partial charge in [0.1, 0.15) is 5.82 Å². The van der Waals surface area contributed by atoms with Gasteiger partial charge in [-0.2, -0.15) is 4.98 Å². The predicted molar refractivity (Wildman–Crippen MR) is 58.3 cm³/mol. The van der Waals surface area contributed by atoms with Gasteiger partial charge in [0.15, 0.2) is 5.69 Å². The third-order valence-electron chi connectivity index (χ3n) is 2.73. The van der Waals surface area contributed by atoms with E-state index in [1.165, 1.54) is 13.2 Å². The van der Waals surface area contributed by atoms with E-state index in [4.69, 9.17) is 14.6 Å². The van der Waals surface area contributed by atoms with Crippen LogP contribution in [0.25, 0.3) is 0 Å². The minimum Gasteiger partial charge on any atom is -0.481 e. The number of aromatic carboxylic acids is 1. The van der Waals surface area contributed by atoms with Crippen LogP contribution in [-0.4, -0.2) is 41.4 Å². The smallest absolute Gasteiger partial charge is 0.354 e. The summed E-state index contributed by atoms with van der Waals surface area (Å²) in [7, 11) is 1.46. The van der Waals surface area contributed by atoms with Crippen LogP contribution in [0.1, 0.15) is 35.1 Å². The molecule has 0 unspecified atom stereocenters. The van der Waals surface area contributed by atoms with Gasteiger partial charge in [0.2, 0.25) is 5.88 Å². The molecule has 17 heavy (non-hydrogen) atoms. The lowest BCUT2D eigenvalue weighted by molar-refractivity contribution is 0.0687. The first kappa shape index (κ1) is 11.8. The molecule has 2 heterocycles. The van der Waals surface area contributed by atoms with Gasteiger partial charge in [-0.25, -0.2) is 9.78 Å². The SMILES string of the molecule is COc1cc(C(=O)O)nc(C2CCOCC2)n1. The van der Waals surface area contributed by atoms with Crippen molar-refractivity contribution < 1.29 is 19.4 Å². The summed E-state index contributed by atoms with van der Waals surface area (Å²) in [5.41, 5.74) is -0.0293. The monoisotopic (exact) mass is 238 g/mol. The molecule has 1 fully saturated rings. The van der Waals surface area contributed by atoms with Crippen LogP contribution in [0.5, 0.6) is 5.88 Å². The zero-order valence-electron chi connectivity index (χ0n) is 9.55. The zero-order chi connectivity index (χ0) is 12.3. The highest BCUT2D eigenvalue weighted by Crippen LogP contribution is 2.25. The molecule has 0 atom stereocenters. The third kappa shape index (κ3) is 2.71. The Morgan fingerprint density at radius 3 is 2.76 bits per heavy atom. The Kier molecular flexibility index (Phi) is 3.53. The number of carboxylic acid groups (broad SMARTS) is 1. The van der Waals surface area contributed by atoms with Crippen molar-refractivity contribution in [3.05, 3.63) is 17.6 Å². The Balaban J connectivity index is 2.31. The summed E-state index contributed by atoms with van der Waals surface area (Å²) in [6.07, 6.45) is 1.62. The molecule has 0 bridgehead atoms. The third-order valence-corrected chi connectivity index (χ3v) is 2.73. The number of carbonyl (C=O) groups is 1. The number of hydrogen-bond acceptors (Lipinski definition) is 5. The van der Waals surface area contributed by atoms with Crippen LogP contribution in [0.3, 0.4) is 0 Å². The summed E-state index contributed by atoms with van der Waals surface area (Å²) in [4.78, 5) is 19.2. The lowest BCUT2D eigenvalue weighted by Crippen LogP contribution is -2.18. The zero-order valence-corrected chi connectivity index (χ0v) is 9.55. The van der Waals surface area contributed by atoms with E-state index in [1.807, 2.05) is 0 Å². The summed E-state index contributed by atoms with van der Waals surface area (Å²) >= 11 is 0. The molecule has 1 N–H and O–H groups in total. The van der Waals surface area contributed by atoms with E-state index in [-0.39, 0.29) is 11.6 Å². The molecule has 1 saturated heterocycles. The van der Waals surface area contributed by atoms with Crippen molar-refractivity contribution in [3.8, 4) is 5.88 Å². The van der Waals surface area contributed by atoms with Crippen molar-refractivity contribution in [3.63, 3.8) is 0 Å². The van der Waals surface area contributed by atoms with E-state index >= 15 is 0 Å². The van der Waals surface area contributed by atoms with Crippen LogP contribution < -0.4 is 4.74 Å². The fraction of sp³-hybridized carbons (Fsp3) is 0.545. The maximum atomic E-state index is 10.9. The molecule has 0 radical (unpaired) electrons. The molecule has 1 aliphatic heterocycles. The molecule has 1 aliphatic rings. The van der Waals surface area contributed by atoms with Gasteiger partial charge in [0, 0.05) is 25.2 Å². The highest BCUT2D eigenvalue weighted by molar-refractivity contribution is 5.85. The molecule has 2 rings (SSSR count). The van der Waals surface area contributed by atoms with Gasteiger partial charge < -0.3 is 14.6 Å². The van der Waals surface area contributed by atoms with Crippen molar-refractivity contribution in [1.82, 2.24) is 9.97 Å². The van der Waals surface area contributed by atoms with Crippen molar-refractivity contribution in [2.24, 2.45) is 0 Å². The van der Waals surface area contributed by atoms with Crippen LogP contribution in [0.4, 0.5) is 0 Å². The van der Waals surface area contributed by atoms with Crippen molar-refractivity contribution >= 4 is 5.97 Å². The number of rotatable bonds is 3. The first-order valence-corrected chi connectivity index (χ1v) is 5.44. The minimum absolute atomic E-state index is 0.0293. The second-order valence-electron chi connectivity index (χ2n) is 3.85. The van der Waals surface area contributed by atoms with Crippen LogP contribution >= 0.6 is 0 Å². The fourth-order valence-electron chi connectivity index (χ4n) is 1.80. The van der Waals surface area contributed by atoms with Crippen LogP contribution in [0.15, 0.2) is 6.07 Å². The van der Waals surface area contributed by atoms with Crippen LogP contribution in [0.2, 0.25) is 0 Å². The highest BCUT2D eigenvalue weighted by atomic mass is 16.5. The van der Waals surface area contributed by atoms with E-state index < -0.39 is 5.97 Å². The maximum Gasteiger partial charge on any atom is 0.354 e. The number of carboxylic acids is 1. The molecular weight excluding hydrogens is 224 g/mol. The Morgan fingerprint density at radius 2 is 2.18 bits per heavy atom. The largest absolute Gasteiger partial charge is 0.481 e. The lowest BCUT2D eigenvalue weighted by atomic mass is 9.99. The maximum absolute atomic E-state index is 10.9. The summed E-state index contributed by atoms with van der Waals surface area (Å²) in [5.74, 6) is -0.0973. The summed E-state index contributed by atoms with van der Waals surface area (Å²) in [6.45, 7) is 1.32. The van der Waals surface area contributed by atoms with Crippen molar-refractivity contribution in [1.29, 1.82) is 0 Å². The average molecular weight is 238 g/mol. The summed E-state index contributed by atoms with van der Waals surface area (Å²) in [6, 6.07) is 1.32. The van der Waals surface area contributed by atoms with Crippen molar-refractivity contribution in [2.45, 2.75) is 18.8 Å². The van der Waals surface area contributed by atoms with Crippen molar-refractivity contribution in [2.75, 3.05) is 20.3 Å².